The monoisotopic (exact) mass is 293 g/mol. The summed E-state index contributed by atoms with van der Waals surface area (Å²) < 4.78 is 10.8. The Kier molecular flexibility index (Phi) is 8.51. The quantitative estimate of drug-likeness (QED) is 0.675. The van der Waals surface area contributed by atoms with Crippen LogP contribution in [-0.2, 0) is 16.0 Å². The number of carbonyl (C=O) groups is 1. The molecule has 0 heterocycles. The number of ether oxygens (including phenoxy) is 2. The number of hydrogen-bond acceptors (Lipinski definition) is 3. The third-order valence-electron chi connectivity index (χ3n) is 2.84. The van der Waals surface area contributed by atoms with Gasteiger partial charge in [-0.25, -0.2) is 0 Å². The second-order valence-electron chi connectivity index (χ2n) is 5.43. The van der Waals surface area contributed by atoms with Crippen LogP contribution in [0.4, 0.5) is 0 Å². The van der Waals surface area contributed by atoms with Crippen molar-refractivity contribution in [2.45, 2.75) is 33.6 Å². The zero-order chi connectivity index (χ0) is 15.5. The summed E-state index contributed by atoms with van der Waals surface area (Å²) >= 11 is 0. The van der Waals surface area contributed by atoms with Crippen LogP contribution >= 0.6 is 0 Å². The topological polar surface area (TPSA) is 47.6 Å². The van der Waals surface area contributed by atoms with E-state index in [-0.39, 0.29) is 5.91 Å². The largest absolute Gasteiger partial charge is 0.494 e. The van der Waals surface area contributed by atoms with Crippen molar-refractivity contribution in [3.05, 3.63) is 29.8 Å². The molecule has 0 aliphatic rings. The number of amides is 1. The minimum Gasteiger partial charge on any atom is -0.494 e. The molecule has 0 saturated heterocycles. The van der Waals surface area contributed by atoms with Crippen LogP contribution in [0.5, 0.6) is 5.75 Å². The van der Waals surface area contributed by atoms with Gasteiger partial charge in [0.15, 0.2) is 0 Å². The van der Waals surface area contributed by atoms with Crippen molar-refractivity contribution in [1.29, 1.82) is 0 Å². The fraction of sp³-hybridized carbons (Fsp3) is 0.588. The SMILES string of the molecule is CCOc1ccc(CC(=O)NCCCOCC(C)C)cc1. The first-order valence-corrected chi connectivity index (χ1v) is 7.68. The molecule has 0 atom stereocenters. The Balaban J connectivity index is 2.15. The van der Waals surface area contributed by atoms with Crippen LogP contribution in [0.25, 0.3) is 0 Å². The Morgan fingerprint density at radius 3 is 2.57 bits per heavy atom. The van der Waals surface area contributed by atoms with Gasteiger partial charge < -0.3 is 14.8 Å². The number of nitrogens with one attached hydrogen (secondary N) is 1. The molecule has 118 valence electrons. The van der Waals surface area contributed by atoms with E-state index in [4.69, 9.17) is 9.47 Å². The molecule has 0 bridgehead atoms. The molecule has 1 amide bonds. The first kappa shape index (κ1) is 17.5. The Hall–Kier alpha value is -1.55. The fourth-order valence-corrected chi connectivity index (χ4v) is 1.84. The van der Waals surface area contributed by atoms with Gasteiger partial charge in [-0.2, -0.15) is 0 Å². The molecule has 4 nitrogen and oxygen atoms in total. The van der Waals surface area contributed by atoms with Crippen LogP contribution in [0.3, 0.4) is 0 Å². The normalized spacial score (nSPS) is 10.7. The maximum atomic E-state index is 11.8. The minimum absolute atomic E-state index is 0.0445. The maximum Gasteiger partial charge on any atom is 0.224 e. The van der Waals surface area contributed by atoms with Crippen LogP contribution < -0.4 is 10.1 Å². The van der Waals surface area contributed by atoms with Crippen molar-refractivity contribution < 1.29 is 14.3 Å². The summed E-state index contributed by atoms with van der Waals surface area (Å²) in [4.78, 5) is 11.8. The number of hydrogen-bond donors (Lipinski definition) is 1. The van der Waals surface area contributed by atoms with Crippen LogP contribution in [0, 0.1) is 5.92 Å². The predicted molar refractivity (Wildman–Crippen MR) is 84.6 cm³/mol. The molecule has 0 saturated carbocycles. The summed E-state index contributed by atoms with van der Waals surface area (Å²) in [7, 11) is 0. The third-order valence-corrected chi connectivity index (χ3v) is 2.84. The molecule has 4 heteroatoms. The number of benzene rings is 1. The van der Waals surface area contributed by atoms with E-state index in [0.717, 1.165) is 24.3 Å². The molecule has 0 aliphatic heterocycles. The highest BCUT2D eigenvalue weighted by molar-refractivity contribution is 5.78. The van der Waals surface area contributed by atoms with Crippen molar-refractivity contribution in [3.63, 3.8) is 0 Å². The summed E-state index contributed by atoms with van der Waals surface area (Å²) in [5, 5.41) is 2.91. The lowest BCUT2D eigenvalue weighted by Crippen LogP contribution is -2.26. The van der Waals surface area contributed by atoms with Crippen molar-refractivity contribution in [2.75, 3.05) is 26.4 Å². The minimum atomic E-state index is 0.0445. The average molecular weight is 293 g/mol. The summed E-state index contributed by atoms with van der Waals surface area (Å²) in [5.41, 5.74) is 0.993. The maximum absolute atomic E-state index is 11.8. The summed E-state index contributed by atoms with van der Waals surface area (Å²) in [6.45, 7) is 8.98. The Morgan fingerprint density at radius 2 is 1.95 bits per heavy atom. The molecular weight excluding hydrogens is 266 g/mol. The van der Waals surface area contributed by atoms with Crippen molar-refractivity contribution in [2.24, 2.45) is 5.92 Å². The smallest absolute Gasteiger partial charge is 0.224 e. The van der Waals surface area contributed by atoms with Gasteiger partial charge in [0.1, 0.15) is 5.75 Å². The van der Waals surface area contributed by atoms with E-state index in [1.807, 2.05) is 31.2 Å². The molecule has 1 aromatic carbocycles. The van der Waals surface area contributed by atoms with Crippen LogP contribution in [0.2, 0.25) is 0 Å². The predicted octanol–water partition coefficient (Wildman–Crippen LogP) is 2.81. The van der Waals surface area contributed by atoms with E-state index in [2.05, 4.69) is 19.2 Å². The van der Waals surface area contributed by atoms with Crippen molar-refractivity contribution >= 4 is 5.91 Å². The zero-order valence-corrected chi connectivity index (χ0v) is 13.4. The van der Waals surface area contributed by atoms with E-state index in [9.17, 15) is 4.79 Å². The standard InChI is InChI=1S/C17H27NO3/c1-4-21-16-8-6-15(7-9-16)12-17(19)18-10-5-11-20-13-14(2)3/h6-9,14H,4-5,10-13H2,1-3H3,(H,18,19). The lowest BCUT2D eigenvalue weighted by atomic mass is 10.1. The van der Waals surface area contributed by atoms with Gasteiger partial charge in [0.05, 0.1) is 13.0 Å². The van der Waals surface area contributed by atoms with E-state index < -0.39 is 0 Å². The van der Waals surface area contributed by atoms with Gasteiger partial charge >= 0.3 is 0 Å². The third kappa shape index (κ3) is 8.35. The van der Waals surface area contributed by atoms with Gasteiger partial charge in [-0.1, -0.05) is 26.0 Å². The van der Waals surface area contributed by atoms with Crippen molar-refractivity contribution in [3.8, 4) is 5.75 Å². The second kappa shape index (κ2) is 10.2. The summed E-state index contributed by atoms with van der Waals surface area (Å²) in [5.74, 6) is 1.44. The highest BCUT2D eigenvalue weighted by atomic mass is 16.5. The summed E-state index contributed by atoms with van der Waals surface area (Å²) in [6.07, 6.45) is 1.25. The fourth-order valence-electron chi connectivity index (χ4n) is 1.84. The highest BCUT2D eigenvalue weighted by Crippen LogP contribution is 2.12. The number of rotatable bonds is 10. The molecule has 0 spiro atoms. The van der Waals surface area contributed by atoms with E-state index >= 15 is 0 Å². The lowest BCUT2D eigenvalue weighted by Gasteiger charge is -2.08. The molecular formula is C17H27NO3. The van der Waals surface area contributed by atoms with Crippen LogP contribution in [0.15, 0.2) is 24.3 Å². The molecule has 21 heavy (non-hydrogen) atoms. The van der Waals surface area contributed by atoms with E-state index in [0.29, 0.717) is 32.1 Å². The van der Waals surface area contributed by atoms with Gasteiger partial charge in [-0.05, 0) is 37.0 Å². The molecule has 0 unspecified atom stereocenters. The summed E-state index contributed by atoms with van der Waals surface area (Å²) in [6, 6.07) is 7.64. The van der Waals surface area contributed by atoms with Gasteiger partial charge in [0.2, 0.25) is 5.91 Å². The Labute approximate surface area is 127 Å². The van der Waals surface area contributed by atoms with Gasteiger partial charge in [-0.3, -0.25) is 4.79 Å². The average Bonchev–Trinajstić information content (AvgIpc) is 2.45. The Bertz CT molecular complexity index is 401. The molecule has 0 radical (unpaired) electrons. The molecule has 1 aromatic rings. The van der Waals surface area contributed by atoms with Crippen molar-refractivity contribution in [1.82, 2.24) is 5.32 Å². The Morgan fingerprint density at radius 1 is 1.24 bits per heavy atom. The van der Waals surface area contributed by atoms with Gasteiger partial charge in [0.25, 0.3) is 0 Å². The van der Waals surface area contributed by atoms with E-state index in [1.165, 1.54) is 0 Å². The van der Waals surface area contributed by atoms with Crippen LogP contribution in [-0.4, -0.2) is 32.3 Å². The molecule has 1 N–H and O–H groups in total. The second-order valence-corrected chi connectivity index (χ2v) is 5.43. The zero-order valence-electron chi connectivity index (χ0n) is 13.4. The highest BCUT2D eigenvalue weighted by Gasteiger charge is 2.03. The molecule has 0 aromatic heterocycles. The van der Waals surface area contributed by atoms with Gasteiger partial charge in [-0.15, -0.1) is 0 Å². The van der Waals surface area contributed by atoms with Crippen LogP contribution in [0.1, 0.15) is 32.8 Å². The first-order valence-electron chi connectivity index (χ1n) is 7.68. The van der Waals surface area contributed by atoms with E-state index in [1.54, 1.807) is 0 Å². The number of carbonyl (C=O) groups excluding carboxylic acids is 1. The molecule has 0 fully saturated rings. The molecule has 0 aliphatic carbocycles. The lowest BCUT2D eigenvalue weighted by molar-refractivity contribution is -0.120. The first-order chi connectivity index (χ1) is 10.1. The molecule has 1 rings (SSSR count). The van der Waals surface area contributed by atoms with Gasteiger partial charge in [0, 0.05) is 19.8 Å².